The minimum Gasteiger partial charge on any atom is -0.444 e. The van der Waals surface area contributed by atoms with Crippen molar-refractivity contribution in [3.05, 3.63) is 25.3 Å². The van der Waals surface area contributed by atoms with Crippen LogP contribution in [-0.2, 0) is 19.1 Å². The summed E-state index contributed by atoms with van der Waals surface area (Å²) in [5, 5.41) is 15.6. The summed E-state index contributed by atoms with van der Waals surface area (Å²) in [7, 11) is 0. The molecule has 34 heavy (non-hydrogen) atoms. The van der Waals surface area contributed by atoms with Crippen molar-refractivity contribution in [1.82, 2.24) is 15.5 Å². The van der Waals surface area contributed by atoms with Crippen LogP contribution in [0.2, 0.25) is 0 Å². The van der Waals surface area contributed by atoms with Gasteiger partial charge in [0.15, 0.2) is 0 Å². The summed E-state index contributed by atoms with van der Waals surface area (Å²) in [5.74, 6) is -1.10. The summed E-state index contributed by atoms with van der Waals surface area (Å²) in [6.07, 6.45) is 6.76. The van der Waals surface area contributed by atoms with Gasteiger partial charge in [-0.05, 0) is 46.5 Å². The number of alkyl carbamates (subject to hydrolysis) is 1. The first-order valence-electron chi connectivity index (χ1n) is 12.0. The summed E-state index contributed by atoms with van der Waals surface area (Å²) in [6.45, 7) is 12.5. The number of amides is 3. The van der Waals surface area contributed by atoms with Crippen LogP contribution in [0.3, 0.4) is 0 Å². The molecule has 0 bridgehead atoms. The number of aldehydes is 1. The third kappa shape index (κ3) is 7.41. The molecule has 0 radical (unpaired) electrons. The molecule has 1 aliphatic carbocycles. The smallest absolute Gasteiger partial charge is 0.408 e. The zero-order valence-electron chi connectivity index (χ0n) is 20.5. The molecule has 0 unspecified atom stereocenters. The van der Waals surface area contributed by atoms with Crippen molar-refractivity contribution in [3.8, 4) is 0 Å². The Kier molecular flexibility index (Phi) is 9.44. The number of nitrogens with zero attached hydrogens (tertiary/aromatic N) is 1. The second-order valence-corrected chi connectivity index (χ2v) is 10.2. The summed E-state index contributed by atoms with van der Waals surface area (Å²) in [4.78, 5) is 51.8. The Morgan fingerprint density at radius 2 is 1.94 bits per heavy atom. The van der Waals surface area contributed by atoms with E-state index in [1.165, 1.54) is 4.90 Å². The van der Waals surface area contributed by atoms with Crippen LogP contribution in [-0.4, -0.2) is 70.1 Å². The lowest BCUT2D eigenvalue weighted by Crippen LogP contribution is -2.55. The number of rotatable bonds is 12. The summed E-state index contributed by atoms with van der Waals surface area (Å²) in [6, 6.07) is -1.84. The minimum absolute atomic E-state index is 0.0289. The number of carbonyl (C=O) groups excluding carboxylic acids is 4. The van der Waals surface area contributed by atoms with Crippen molar-refractivity contribution in [3.63, 3.8) is 0 Å². The number of aliphatic hydroxyl groups excluding tert-OH is 1. The predicted octanol–water partition coefficient (Wildman–Crippen LogP) is 2.24. The van der Waals surface area contributed by atoms with E-state index in [2.05, 4.69) is 23.8 Å². The van der Waals surface area contributed by atoms with Crippen molar-refractivity contribution in [2.75, 3.05) is 6.54 Å². The Morgan fingerprint density at radius 1 is 1.24 bits per heavy atom. The second-order valence-electron chi connectivity index (χ2n) is 10.2. The van der Waals surface area contributed by atoms with E-state index in [0.29, 0.717) is 25.5 Å². The van der Waals surface area contributed by atoms with Gasteiger partial charge < -0.3 is 30.2 Å². The molecule has 1 saturated carbocycles. The second kappa shape index (κ2) is 11.6. The molecule has 3 N–H and O–H groups in total. The molecule has 9 heteroatoms. The normalized spacial score (nSPS) is 26.8. The maximum atomic E-state index is 13.5. The number of unbranched alkanes of at least 4 members (excludes halogenated alkanes) is 3. The number of nitrogens with one attached hydrogen (secondary N) is 2. The number of hydrogen-bond donors (Lipinski definition) is 3. The molecule has 5 atom stereocenters. The Hall–Kier alpha value is -2.68. The predicted molar refractivity (Wildman–Crippen MR) is 128 cm³/mol. The van der Waals surface area contributed by atoms with Crippen molar-refractivity contribution in [2.45, 2.75) is 95.0 Å². The first-order chi connectivity index (χ1) is 16.0. The van der Waals surface area contributed by atoms with Gasteiger partial charge in [-0.1, -0.05) is 25.0 Å². The molecule has 1 aliphatic heterocycles. The Balaban J connectivity index is 2.12. The van der Waals surface area contributed by atoms with Gasteiger partial charge in [-0.3, -0.25) is 9.59 Å². The van der Waals surface area contributed by atoms with E-state index in [1.807, 2.05) is 6.08 Å². The van der Waals surface area contributed by atoms with Crippen LogP contribution in [0, 0.1) is 5.92 Å². The van der Waals surface area contributed by atoms with E-state index in [0.717, 1.165) is 19.3 Å². The quantitative estimate of drug-likeness (QED) is 0.225. The van der Waals surface area contributed by atoms with Gasteiger partial charge in [0.2, 0.25) is 11.8 Å². The molecule has 190 valence electrons. The van der Waals surface area contributed by atoms with Crippen LogP contribution < -0.4 is 10.6 Å². The third-order valence-corrected chi connectivity index (χ3v) is 6.16. The molecule has 0 aromatic rings. The fourth-order valence-corrected chi connectivity index (χ4v) is 4.25. The fourth-order valence-electron chi connectivity index (χ4n) is 4.25. The molecule has 3 amide bonds. The Morgan fingerprint density at radius 3 is 2.50 bits per heavy atom. The van der Waals surface area contributed by atoms with Crippen molar-refractivity contribution >= 4 is 24.2 Å². The van der Waals surface area contributed by atoms with Gasteiger partial charge in [0.25, 0.3) is 0 Å². The van der Waals surface area contributed by atoms with Crippen LogP contribution in [0.25, 0.3) is 0 Å². The summed E-state index contributed by atoms with van der Waals surface area (Å²) >= 11 is 0. The summed E-state index contributed by atoms with van der Waals surface area (Å²) in [5.41, 5.74) is -1.73. The number of aliphatic hydroxyl groups is 1. The molecule has 0 aromatic heterocycles. The number of β-amino-alcohol motifs (C(OH)–C–C–N with tert-alkyl or cyclic N) is 1. The van der Waals surface area contributed by atoms with E-state index < -0.39 is 47.2 Å². The van der Waals surface area contributed by atoms with Crippen LogP contribution >= 0.6 is 0 Å². The van der Waals surface area contributed by atoms with Gasteiger partial charge in [-0.15, -0.1) is 13.2 Å². The number of likely N-dealkylation sites (tertiary alicyclic amines) is 1. The lowest BCUT2D eigenvalue weighted by Gasteiger charge is -2.30. The number of allylic oxidation sites excluding steroid dienone is 1. The molecular formula is C25H39N3O6. The molecule has 2 aliphatic rings. The fraction of sp³-hybridized carbons (Fsp3) is 0.680. The largest absolute Gasteiger partial charge is 0.444 e. The highest BCUT2D eigenvalue weighted by Crippen LogP contribution is 2.42. The number of carbonyl (C=O) groups is 4. The zero-order valence-corrected chi connectivity index (χ0v) is 20.5. The Bertz CT molecular complexity index is 792. The molecule has 2 fully saturated rings. The average molecular weight is 478 g/mol. The first kappa shape index (κ1) is 27.6. The monoisotopic (exact) mass is 477 g/mol. The molecule has 1 saturated heterocycles. The molecular weight excluding hydrogens is 438 g/mol. The zero-order chi connectivity index (χ0) is 25.5. The maximum Gasteiger partial charge on any atom is 0.408 e. The van der Waals surface area contributed by atoms with Crippen LogP contribution in [0.15, 0.2) is 25.3 Å². The SMILES string of the molecule is C=CCCCCC[C@H](NC(=O)OC(C)(C)C)C(=O)N1C[C@@H](O)C[C@H]1C(=O)N[C@]1(C=O)C[C@H]1C=C. The van der Waals surface area contributed by atoms with E-state index >= 15 is 0 Å². The molecule has 0 aromatic carbocycles. The average Bonchev–Trinajstić information content (AvgIpc) is 3.31. The topological polar surface area (TPSA) is 125 Å². The van der Waals surface area contributed by atoms with Gasteiger partial charge in [0.1, 0.15) is 29.5 Å². The standard InChI is InChI=1S/C25H39N3O6/c1-6-8-9-10-11-12-19(26-23(33)34-24(3,4)5)22(32)28-15-18(30)13-20(28)21(31)27-25(16-29)14-17(25)7-2/h6-7,16-20,30H,1-2,8-15H2,3-5H3,(H,26,33)(H,27,31)/t17-,18+,19+,20+,25+/m1/s1. The number of hydrogen-bond acceptors (Lipinski definition) is 6. The third-order valence-electron chi connectivity index (χ3n) is 6.16. The van der Waals surface area contributed by atoms with Gasteiger partial charge in [0.05, 0.1) is 6.10 Å². The lowest BCUT2D eigenvalue weighted by atomic mass is 10.0. The highest BCUT2D eigenvalue weighted by molar-refractivity contribution is 5.94. The van der Waals surface area contributed by atoms with Crippen LogP contribution in [0.5, 0.6) is 0 Å². The minimum atomic E-state index is -1.000. The van der Waals surface area contributed by atoms with Gasteiger partial charge in [-0.2, -0.15) is 0 Å². The van der Waals surface area contributed by atoms with Crippen molar-refractivity contribution in [1.29, 1.82) is 0 Å². The lowest BCUT2D eigenvalue weighted by molar-refractivity contribution is -0.140. The van der Waals surface area contributed by atoms with Crippen molar-refractivity contribution < 1.29 is 29.0 Å². The highest BCUT2D eigenvalue weighted by Gasteiger charge is 2.55. The maximum absolute atomic E-state index is 13.5. The van der Waals surface area contributed by atoms with Gasteiger partial charge >= 0.3 is 6.09 Å². The van der Waals surface area contributed by atoms with Crippen LogP contribution in [0.1, 0.15) is 65.7 Å². The molecule has 9 nitrogen and oxygen atoms in total. The van der Waals surface area contributed by atoms with Crippen LogP contribution in [0.4, 0.5) is 4.79 Å². The molecule has 0 spiro atoms. The molecule has 1 heterocycles. The van der Waals surface area contributed by atoms with E-state index in [1.54, 1.807) is 26.8 Å². The number of ether oxygens (including phenoxy) is 1. The molecule has 2 rings (SSSR count). The highest BCUT2D eigenvalue weighted by atomic mass is 16.6. The Labute approximate surface area is 202 Å². The van der Waals surface area contributed by atoms with E-state index in [-0.39, 0.29) is 18.9 Å². The van der Waals surface area contributed by atoms with Gasteiger partial charge in [0, 0.05) is 18.9 Å². The first-order valence-corrected chi connectivity index (χ1v) is 12.0. The van der Waals surface area contributed by atoms with E-state index in [4.69, 9.17) is 4.74 Å². The summed E-state index contributed by atoms with van der Waals surface area (Å²) < 4.78 is 5.32. The van der Waals surface area contributed by atoms with Crippen molar-refractivity contribution in [2.24, 2.45) is 5.92 Å². The van der Waals surface area contributed by atoms with E-state index in [9.17, 15) is 24.3 Å². The van der Waals surface area contributed by atoms with Gasteiger partial charge in [-0.25, -0.2) is 4.79 Å².